The van der Waals surface area contributed by atoms with Crippen LogP contribution in [-0.2, 0) is 25.4 Å². The van der Waals surface area contributed by atoms with E-state index in [0.29, 0.717) is 19.1 Å². The molecule has 0 spiro atoms. The molecule has 0 saturated carbocycles. The van der Waals surface area contributed by atoms with E-state index in [0.717, 1.165) is 56.8 Å². The normalized spacial score (nSPS) is 24.2. The maximum absolute atomic E-state index is 6.13. The van der Waals surface area contributed by atoms with Crippen molar-refractivity contribution in [3.63, 3.8) is 0 Å². The van der Waals surface area contributed by atoms with Crippen LogP contribution >= 0.6 is 0 Å². The highest BCUT2D eigenvalue weighted by Gasteiger charge is 2.25. The smallest absolute Gasteiger partial charge is 0.197 e. The Hall–Kier alpha value is -2.38. The predicted molar refractivity (Wildman–Crippen MR) is 143 cm³/mol. The summed E-state index contributed by atoms with van der Waals surface area (Å²) in [6, 6.07) is 15.1. The van der Waals surface area contributed by atoms with Gasteiger partial charge in [-0.15, -0.1) is 0 Å². The third-order valence-electron chi connectivity index (χ3n) is 7.15. The largest absolute Gasteiger partial charge is 0.465 e. The maximum Gasteiger partial charge on any atom is 0.197 e. The standard InChI is InChI=1S/C31H40O6/c1-4-5-27-16-26(12-15-31(27)37-22(3)33-18-30-20-35-30)25-8-6-23(7-9-25)24-10-13-28(14-11-24)36-21(2)32-17-29-19-34-29/h8,10-16,21-23,29-30H,4-7,9,17-20H2,1-3H3. The molecule has 2 aromatic rings. The van der Waals surface area contributed by atoms with Crippen molar-refractivity contribution >= 4 is 5.57 Å². The van der Waals surface area contributed by atoms with Gasteiger partial charge in [0.1, 0.15) is 23.7 Å². The van der Waals surface area contributed by atoms with E-state index in [2.05, 4.69) is 55.5 Å². The lowest BCUT2D eigenvalue weighted by atomic mass is 9.82. The van der Waals surface area contributed by atoms with Gasteiger partial charge in [-0.1, -0.05) is 37.6 Å². The molecule has 2 fully saturated rings. The molecule has 2 saturated heterocycles. The van der Waals surface area contributed by atoms with Crippen LogP contribution in [0.5, 0.6) is 11.5 Å². The molecule has 0 aromatic heterocycles. The minimum atomic E-state index is -0.287. The van der Waals surface area contributed by atoms with Crippen molar-refractivity contribution in [2.75, 3.05) is 26.4 Å². The first-order valence-electron chi connectivity index (χ1n) is 13.8. The molecule has 0 bridgehead atoms. The van der Waals surface area contributed by atoms with Gasteiger partial charge in [-0.3, -0.25) is 0 Å². The molecule has 200 valence electrons. The highest BCUT2D eigenvalue weighted by Crippen LogP contribution is 2.38. The Bertz CT molecular complexity index is 1040. The average Bonchev–Trinajstić information content (AvgIpc) is 3.83. The summed E-state index contributed by atoms with van der Waals surface area (Å²) in [4.78, 5) is 0. The van der Waals surface area contributed by atoms with Gasteiger partial charge in [-0.05, 0) is 92.0 Å². The number of aryl methyl sites for hydroxylation is 1. The van der Waals surface area contributed by atoms with Crippen molar-refractivity contribution < 1.29 is 28.4 Å². The number of ether oxygens (including phenoxy) is 6. The Balaban J connectivity index is 1.16. The van der Waals surface area contributed by atoms with Gasteiger partial charge in [0.2, 0.25) is 0 Å². The van der Waals surface area contributed by atoms with Crippen LogP contribution in [0.15, 0.2) is 48.5 Å². The topological polar surface area (TPSA) is 62.0 Å². The van der Waals surface area contributed by atoms with Crippen LogP contribution in [0.25, 0.3) is 5.57 Å². The zero-order valence-electron chi connectivity index (χ0n) is 22.3. The van der Waals surface area contributed by atoms with Gasteiger partial charge in [0.05, 0.1) is 26.4 Å². The van der Waals surface area contributed by atoms with Gasteiger partial charge in [0.15, 0.2) is 12.6 Å². The lowest BCUT2D eigenvalue weighted by molar-refractivity contribution is -0.0714. The van der Waals surface area contributed by atoms with Gasteiger partial charge >= 0.3 is 0 Å². The van der Waals surface area contributed by atoms with Crippen LogP contribution in [0.4, 0.5) is 0 Å². The molecular formula is C31H40O6. The summed E-state index contributed by atoms with van der Waals surface area (Å²) in [5, 5.41) is 0. The van der Waals surface area contributed by atoms with E-state index in [-0.39, 0.29) is 24.8 Å². The van der Waals surface area contributed by atoms with Crippen molar-refractivity contribution in [1.82, 2.24) is 0 Å². The molecular weight excluding hydrogens is 468 g/mol. The number of allylic oxidation sites excluding steroid dienone is 2. The molecule has 6 heteroatoms. The highest BCUT2D eigenvalue weighted by atomic mass is 16.7. The summed E-state index contributed by atoms with van der Waals surface area (Å²) in [6.07, 6.45) is 7.67. The number of rotatable bonds is 14. The lowest BCUT2D eigenvalue weighted by Crippen LogP contribution is -2.19. The number of hydrogen-bond donors (Lipinski definition) is 0. The third kappa shape index (κ3) is 7.81. The Kier molecular flexibility index (Phi) is 8.82. The van der Waals surface area contributed by atoms with E-state index in [4.69, 9.17) is 28.4 Å². The van der Waals surface area contributed by atoms with Crippen LogP contribution in [0, 0.1) is 0 Å². The molecule has 5 unspecified atom stereocenters. The summed E-state index contributed by atoms with van der Waals surface area (Å²) >= 11 is 0. The second-order valence-electron chi connectivity index (χ2n) is 10.3. The van der Waals surface area contributed by atoms with E-state index < -0.39 is 0 Å². The number of hydrogen-bond acceptors (Lipinski definition) is 6. The highest BCUT2D eigenvalue weighted by molar-refractivity contribution is 5.68. The van der Waals surface area contributed by atoms with E-state index >= 15 is 0 Å². The molecule has 5 rings (SSSR count). The fourth-order valence-corrected chi connectivity index (χ4v) is 4.83. The van der Waals surface area contributed by atoms with Crippen molar-refractivity contribution in [2.45, 2.75) is 83.6 Å². The summed E-state index contributed by atoms with van der Waals surface area (Å²) < 4.78 is 33.9. The molecule has 37 heavy (non-hydrogen) atoms. The van der Waals surface area contributed by atoms with Gasteiger partial charge in [0, 0.05) is 0 Å². The lowest BCUT2D eigenvalue weighted by Gasteiger charge is -2.24. The van der Waals surface area contributed by atoms with Crippen molar-refractivity contribution in [2.24, 2.45) is 0 Å². The SMILES string of the molecule is CCCc1cc(C2=CCC(c3ccc(OC(C)OCC4CO4)cc3)CC2)ccc1OC(C)OCC1CO1. The molecule has 2 heterocycles. The molecule has 0 N–H and O–H groups in total. The first-order chi connectivity index (χ1) is 18.1. The van der Waals surface area contributed by atoms with Crippen molar-refractivity contribution in [3.05, 3.63) is 65.2 Å². The van der Waals surface area contributed by atoms with Crippen LogP contribution in [0.3, 0.4) is 0 Å². The first kappa shape index (κ1) is 26.2. The molecule has 0 radical (unpaired) electrons. The Labute approximate surface area is 220 Å². The summed E-state index contributed by atoms with van der Waals surface area (Å²) in [7, 11) is 0. The van der Waals surface area contributed by atoms with Crippen molar-refractivity contribution in [3.8, 4) is 11.5 Å². The molecule has 2 aromatic carbocycles. The average molecular weight is 509 g/mol. The summed E-state index contributed by atoms with van der Waals surface area (Å²) in [5.41, 5.74) is 5.35. The zero-order valence-corrected chi connectivity index (χ0v) is 22.3. The minimum Gasteiger partial charge on any atom is -0.465 e. The summed E-state index contributed by atoms with van der Waals surface area (Å²) in [5.74, 6) is 2.29. The Morgan fingerprint density at radius 2 is 1.57 bits per heavy atom. The van der Waals surface area contributed by atoms with Gasteiger partial charge in [-0.2, -0.15) is 0 Å². The molecule has 1 aliphatic carbocycles. The Morgan fingerprint density at radius 3 is 2.16 bits per heavy atom. The van der Waals surface area contributed by atoms with Crippen molar-refractivity contribution in [1.29, 1.82) is 0 Å². The first-order valence-corrected chi connectivity index (χ1v) is 13.8. The zero-order chi connectivity index (χ0) is 25.6. The third-order valence-corrected chi connectivity index (χ3v) is 7.15. The predicted octanol–water partition coefficient (Wildman–Crippen LogP) is 6.27. The molecule has 6 nitrogen and oxygen atoms in total. The maximum atomic E-state index is 6.13. The van der Waals surface area contributed by atoms with Crippen LogP contribution < -0.4 is 9.47 Å². The van der Waals surface area contributed by atoms with E-state index in [1.807, 2.05) is 13.8 Å². The minimum absolute atomic E-state index is 0.243. The quantitative estimate of drug-likeness (QED) is 0.221. The van der Waals surface area contributed by atoms with Gasteiger partial charge < -0.3 is 28.4 Å². The second kappa shape index (κ2) is 12.4. The monoisotopic (exact) mass is 508 g/mol. The van der Waals surface area contributed by atoms with Crippen LogP contribution in [0.1, 0.15) is 69.1 Å². The molecule has 2 aliphatic heterocycles. The summed E-state index contributed by atoms with van der Waals surface area (Å²) in [6.45, 7) is 8.86. The van der Waals surface area contributed by atoms with E-state index in [1.165, 1.54) is 22.3 Å². The number of epoxide rings is 2. The molecule has 0 amide bonds. The van der Waals surface area contributed by atoms with Crippen LogP contribution in [-0.4, -0.2) is 51.2 Å². The van der Waals surface area contributed by atoms with Crippen LogP contribution in [0.2, 0.25) is 0 Å². The molecule has 3 aliphatic rings. The van der Waals surface area contributed by atoms with Gasteiger partial charge in [-0.25, -0.2) is 0 Å². The second-order valence-corrected chi connectivity index (χ2v) is 10.3. The van der Waals surface area contributed by atoms with Gasteiger partial charge in [0.25, 0.3) is 0 Å². The Morgan fingerprint density at radius 1 is 0.892 bits per heavy atom. The van der Waals surface area contributed by atoms with E-state index in [9.17, 15) is 0 Å². The van der Waals surface area contributed by atoms with E-state index in [1.54, 1.807) is 0 Å². The fraction of sp³-hybridized carbons (Fsp3) is 0.548. The number of benzene rings is 2. The molecule has 5 atom stereocenters. The fourth-order valence-electron chi connectivity index (χ4n) is 4.83.